The van der Waals surface area contributed by atoms with Crippen molar-refractivity contribution in [2.45, 2.75) is 18.8 Å². The molecular formula is C21H15Br. The zero-order valence-corrected chi connectivity index (χ0v) is 13.7. The molecule has 0 amide bonds. The van der Waals surface area contributed by atoms with Gasteiger partial charge in [0.25, 0.3) is 0 Å². The molecular weight excluding hydrogens is 332 g/mol. The molecule has 0 N–H and O–H groups in total. The van der Waals surface area contributed by atoms with E-state index in [1.807, 2.05) is 0 Å². The molecule has 106 valence electrons. The first kappa shape index (κ1) is 12.7. The lowest BCUT2D eigenvalue weighted by atomic mass is 9.82. The van der Waals surface area contributed by atoms with Gasteiger partial charge in [-0.05, 0) is 63.9 Å². The summed E-state index contributed by atoms with van der Waals surface area (Å²) in [5.74, 6) is 0.370. The van der Waals surface area contributed by atoms with E-state index >= 15 is 0 Å². The summed E-state index contributed by atoms with van der Waals surface area (Å²) in [6, 6.07) is 22.6. The first-order valence-electron chi connectivity index (χ1n) is 7.82. The van der Waals surface area contributed by atoms with E-state index in [0.29, 0.717) is 5.92 Å². The molecule has 0 saturated carbocycles. The smallest absolute Gasteiger partial charge is 0.0352 e. The van der Waals surface area contributed by atoms with Crippen molar-refractivity contribution < 1.29 is 0 Å². The number of rotatable bonds is 1. The first-order valence-corrected chi connectivity index (χ1v) is 8.61. The van der Waals surface area contributed by atoms with Crippen molar-refractivity contribution in [3.63, 3.8) is 0 Å². The van der Waals surface area contributed by atoms with Crippen LogP contribution in [0.5, 0.6) is 0 Å². The Kier molecular flexibility index (Phi) is 2.63. The van der Waals surface area contributed by atoms with Crippen LogP contribution < -0.4 is 0 Å². The van der Waals surface area contributed by atoms with Crippen LogP contribution >= 0.6 is 15.9 Å². The second kappa shape index (κ2) is 4.57. The average Bonchev–Trinajstić information content (AvgIpc) is 2.82. The molecule has 22 heavy (non-hydrogen) atoms. The summed E-state index contributed by atoms with van der Waals surface area (Å²) in [6.07, 6.45) is 2.49. The van der Waals surface area contributed by atoms with Gasteiger partial charge in [0.2, 0.25) is 0 Å². The number of fused-ring (bicyclic) bond motifs is 4. The Bertz CT molecular complexity index is 908. The van der Waals surface area contributed by atoms with Crippen LogP contribution in [0.2, 0.25) is 0 Å². The van der Waals surface area contributed by atoms with E-state index in [-0.39, 0.29) is 0 Å². The van der Waals surface area contributed by atoms with E-state index in [1.54, 1.807) is 5.56 Å². The average molecular weight is 347 g/mol. The molecule has 0 aromatic heterocycles. The summed E-state index contributed by atoms with van der Waals surface area (Å²) in [5, 5.41) is 0. The van der Waals surface area contributed by atoms with Crippen molar-refractivity contribution in [3.05, 3.63) is 93.0 Å². The molecule has 0 fully saturated rings. The van der Waals surface area contributed by atoms with E-state index in [4.69, 9.17) is 0 Å². The van der Waals surface area contributed by atoms with Gasteiger partial charge < -0.3 is 0 Å². The van der Waals surface area contributed by atoms with Crippen LogP contribution in [-0.2, 0) is 12.8 Å². The maximum absolute atomic E-state index is 3.65. The van der Waals surface area contributed by atoms with Crippen LogP contribution in [0.1, 0.15) is 33.7 Å². The largest absolute Gasteiger partial charge is 0.0619 e. The normalized spacial score (nSPS) is 17.4. The molecule has 3 aromatic rings. The Morgan fingerprint density at radius 2 is 1.55 bits per heavy atom. The monoisotopic (exact) mass is 346 g/mol. The van der Waals surface area contributed by atoms with E-state index in [9.17, 15) is 0 Å². The highest BCUT2D eigenvalue weighted by molar-refractivity contribution is 9.10. The van der Waals surface area contributed by atoms with Crippen LogP contribution in [-0.4, -0.2) is 0 Å². The highest BCUT2D eigenvalue weighted by Gasteiger charge is 2.30. The highest BCUT2D eigenvalue weighted by Crippen LogP contribution is 2.49. The molecule has 0 bridgehead atoms. The maximum Gasteiger partial charge on any atom is 0.0352 e. The van der Waals surface area contributed by atoms with Crippen molar-refractivity contribution >= 4 is 15.9 Å². The Labute approximate surface area is 138 Å². The molecule has 0 saturated heterocycles. The Morgan fingerprint density at radius 1 is 0.727 bits per heavy atom. The summed E-state index contributed by atoms with van der Waals surface area (Å²) < 4.78 is 1.16. The predicted molar refractivity (Wildman–Crippen MR) is 94.4 cm³/mol. The Hall–Kier alpha value is -1.86. The van der Waals surface area contributed by atoms with Gasteiger partial charge in [-0.3, -0.25) is 0 Å². The van der Waals surface area contributed by atoms with Gasteiger partial charge in [0.05, 0.1) is 0 Å². The zero-order valence-electron chi connectivity index (χ0n) is 12.1. The van der Waals surface area contributed by atoms with Crippen molar-refractivity contribution in [1.82, 2.24) is 0 Å². The molecule has 1 heteroatoms. The molecule has 0 radical (unpaired) electrons. The summed E-state index contributed by atoms with van der Waals surface area (Å²) in [7, 11) is 0. The van der Waals surface area contributed by atoms with Gasteiger partial charge in [-0.15, -0.1) is 0 Å². The number of halogens is 1. The van der Waals surface area contributed by atoms with E-state index in [2.05, 4.69) is 76.6 Å². The van der Waals surface area contributed by atoms with Gasteiger partial charge >= 0.3 is 0 Å². The van der Waals surface area contributed by atoms with Crippen LogP contribution in [0.15, 0.2) is 65.1 Å². The number of benzene rings is 3. The zero-order chi connectivity index (χ0) is 14.7. The molecule has 0 nitrogen and oxygen atoms in total. The van der Waals surface area contributed by atoms with E-state index in [1.165, 1.54) is 46.2 Å². The fourth-order valence-electron chi connectivity index (χ4n) is 3.93. The molecule has 0 spiro atoms. The van der Waals surface area contributed by atoms with E-state index < -0.39 is 0 Å². The standard InChI is InChI=1S/C21H15Br/c22-16-9-10-18-17-3-1-2-4-19(17)21(20(18)12-16)15-8-6-13-5-7-14(13)11-15/h1-4,6,8-12,21H,5,7H2. The summed E-state index contributed by atoms with van der Waals surface area (Å²) in [6.45, 7) is 0. The van der Waals surface area contributed by atoms with Gasteiger partial charge in [-0.25, -0.2) is 0 Å². The van der Waals surface area contributed by atoms with Crippen LogP contribution in [0, 0.1) is 0 Å². The minimum atomic E-state index is 0.370. The molecule has 0 aliphatic heterocycles. The van der Waals surface area contributed by atoms with Crippen molar-refractivity contribution in [2.24, 2.45) is 0 Å². The van der Waals surface area contributed by atoms with Crippen molar-refractivity contribution in [3.8, 4) is 11.1 Å². The van der Waals surface area contributed by atoms with Gasteiger partial charge in [0, 0.05) is 10.4 Å². The molecule has 2 aliphatic carbocycles. The topological polar surface area (TPSA) is 0 Å². The summed E-state index contributed by atoms with van der Waals surface area (Å²) in [4.78, 5) is 0. The fourth-order valence-corrected chi connectivity index (χ4v) is 4.31. The lowest BCUT2D eigenvalue weighted by molar-refractivity contribution is 0.829. The van der Waals surface area contributed by atoms with Crippen molar-refractivity contribution in [1.29, 1.82) is 0 Å². The lowest BCUT2D eigenvalue weighted by Gasteiger charge is -2.22. The van der Waals surface area contributed by atoms with Crippen LogP contribution in [0.4, 0.5) is 0 Å². The third-order valence-electron chi connectivity index (χ3n) is 5.11. The summed E-state index contributed by atoms with van der Waals surface area (Å²) >= 11 is 3.65. The van der Waals surface area contributed by atoms with Crippen LogP contribution in [0.3, 0.4) is 0 Å². The predicted octanol–water partition coefficient (Wildman–Crippen LogP) is 5.71. The molecule has 5 rings (SSSR count). The Morgan fingerprint density at radius 3 is 2.36 bits per heavy atom. The number of hydrogen-bond donors (Lipinski definition) is 0. The third-order valence-corrected chi connectivity index (χ3v) is 5.61. The second-order valence-corrected chi connectivity index (χ2v) is 7.20. The number of aryl methyl sites for hydroxylation is 2. The Balaban J connectivity index is 1.77. The second-order valence-electron chi connectivity index (χ2n) is 6.28. The molecule has 1 unspecified atom stereocenters. The minimum Gasteiger partial charge on any atom is -0.0619 e. The van der Waals surface area contributed by atoms with Crippen LogP contribution in [0.25, 0.3) is 11.1 Å². The van der Waals surface area contributed by atoms with Gasteiger partial charge in [-0.2, -0.15) is 0 Å². The van der Waals surface area contributed by atoms with Crippen molar-refractivity contribution in [2.75, 3.05) is 0 Å². The van der Waals surface area contributed by atoms with Gasteiger partial charge in [-0.1, -0.05) is 64.5 Å². The molecule has 1 atom stereocenters. The SMILES string of the molecule is Brc1ccc2c(c1)C(c1ccc3c(c1)CC3)c1ccccc1-2. The highest BCUT2D eigenvalue weighted by atomic mass is 79.9. The van der Waals surface area contributed by atoms with Gasteiger partial charge in [0.1, 0.15) is 0 Å². The quantitative estimate of drug-likeness (QED) is 0.414. The summed E-state index contributed by atoms with van der Waals surface area (Å²) in [5.41, 5.74) is 10.1. The third kappa shape index (κ3) is 1.69. The first-order chi connectivity index (χ1) is 10.8. The fraction of sp³-hybridized carbons (Fsp3) is 0.143. The maximum atomic E-state index is 3.65. The molecule has 3 aromatic carbocycles. The molecule has 2 aliphatic rings. The number of hydrogen-bond acceptors (Lipinski definition) is 0. The molecule has 0 heterocycles. The van der Waals surface area contributed by atoms with E-state index in [0.717, 1.165) is 4.47 Å². The van der Waals surface area contributed by atoms with Gasteiger partial charge in [0.15, 0.2) is 0 Å². The lowest BCUT2D eigenvalue weighted by Crippen LogP contribution is -2.10. The minimum absolute atomic E-state index is 0.370.